The smallest absolute Gasteiger partial charge is 0.252 e. The summed E-state index contributed by atoms with van der Waals surface area (Å²) in [4.78, 5) is 15.5. The number of thiophene rings is 1. The van der Waals surface area contributed by atoms with Crippen LogP contribution in [0.3, 0.4) is 0 Å². The van der Waals surface area contributed by atoms with Gasteiger partial charge < -0.3 is 10.3 Å². The van der Waals surface area contributed by atoms with Crippen LogP contribution in [0.2, 0.25) is 0 Å². The minimum Gasteiger partial charge on any atom is -0.368 e. The number of nitrogens with zero attached hydrogens (tertiary/aromatic N) is 3. The molecule has 1 aliphatic heterocycles. The number of piperidine rings is 1. The molecule has 2 aromatic heterocycles. The number of carbonyl (C=O) groups excluding carboxylic acids is 1. The lowest BCUT2D eigenvalue weighted by atomic mass is 9.97. The summed E-state index contributed by atoms with van der Waals surface area (Å²) in [7, 11) is -3.41. The van der Waals surface area contributed by atoms with E-state index in [-0.39, 0.29) is 12.5 Å². The summed E-state index contributed by atoms with van der Waals surface area (Å²) in [5.41, 5.74) is 6.21. The van der Waals surface area contributed by atoms with Crippen LogP contribution in [0, 0.1) is 6.92 Å². The van der Waals surface area contributed by atoms with Crippen molar-refractivity contribution in [2.45, 2.75) is 36.4 Å². The molecule has 0 bridgehead atoms. The molecule has 1 aliphatic rings. The molecule has 0 atom stereocenters. The van der Waals surface area contributed by atoms with E-state index in [4.69, 9.17) is 5.73 Å². The number of imidazole rings is 1. The average Bonchev–Trinajstić information content (AvgIpc) is 3.16. The van der Waals surface area contributed by atoms with E-state index in [9.17, 15) is 13.2 Å². The predicted molar refractivity (Wildman–Crippen MR) is 91.2 cm³/mol. The summed E-state index contributed by atoms with van der Waals surface area (Å²) in [6.07, 6.45) is 4.74. The third kappa shape index (κ3) is 3.38. The van der Waals surface area contributed by atoms with Crippen molar-refractivity contribution in [2.24, 2.45) is 5.73 Å². The zero-order valence-corrected chi connectivity index (χ0v) is 15.0. The van der Waals surface area contributed by atoms with Gasteiger partial charge in [-0.25, -0.2) is 13.4 Å². The van der Waals surface area contributed by atoms with Crippen LogP contribution in [0.25, 0.3) is 0 Å². The van der Waals surface area contributed by atoms with Gasteiger partial charge in [0, 0.05) is 31.4 Å². The predicted octanol–water partition coefficient (Wildman–Crippen LogP) is 1.31. The number of rotatable bonds is 5. The molecule has 1 amide bonds. The summed E-state index contributed by atoms with van der Waals surface area (Å²) in [6.45, 7) is 2.89. The first-order valence-electron chi connectivity index (χ1n) is 7.72. The van der Waals surface area contributed by atoms with Gasteiger partial charge in [0.05, 0.1) is 0 Å². The monoisotopic (exact) mass is 368 g/mol. The van der Waals surface area contributed by atoms with Crippen molar-refractivity contribution in [2.75, 3.05) is 13.1 Å². The van der Waals surface area contributed by atoms with Gasteiger partial charge in [-0.15, -0.1) is 11.3 Å². The second-order valence-corrected chi connectivity index (χ2v) is 9.08. The van der Waals surface area contributed by atoms with Gasteiger partial charge in [-0.05, 0) is 36.8 Å². The van der Waals surface area contributed by atoms with Crippen LogP contribution in [-0.2, 0) is 21.4 Å². The first-order chi connectivity index (χ1) is 11.4. The molecule has 0 aliphatic carbocycles. The topological polar surface area (TPSA) is 98.3 Å². The molecule has 0 saturated carbocycles. The maximum absolute atomic E-state index is 12.7. The number of hydrogen-bond donors (Lipinski definition) is 1. The Morgan fingerprint density at radius 1 is 1.42 bits per heavy atom. The third-order valence-electron chi connectivity index (χ3n) is 4.19. The second-order valence-electron chi connectivity index (χ2n) is 6.00. The van der Waals surface area contributed by atoms with Crippen LogP contribution < -0.4 is 5.73 Å². The van der Waals surface area contributed by atoms with E-state index in [2.05, 4.69) is 4.98 Å². The number of nitrogens with two attached hydrogens (primary N) is 1. The Morgan fingerprint density at radius 3 is 2.71 bits per heavy atom. The number of primary amides is 1. The van der Waals surface area contributed by atoms with E-state index in [1.165, 1.54) is 15.6 Å². The van der Waals surface area contributed by atoms with Crippen molar-refractivity contribution in [3.63, 3.8) is 0 Å². The Balaban J connectivity index is 1.70. The summed E-state index contributed by atoms with van der Waals surface area (Å²) >= 11 is 1.26. The van der Waals surface area contributed by atoms with Gasteiger partial charge in [0.2, 0.25) is 5.91 Å². The Bertz CT molecular complexity index is 833. The number of hydrogen-bond acceptors (Lipinski definition) is 5. The molecule has 1 fully saturated rings. The van der Waals surface area contributed by atoms with Gasteiger partial charge in [-0.1, -0.05) is 0 Å². The molecule has 0 spiro atoms. The highest BCUT2D eigenvalue weighted by molar-refractivity contribution is 7.91. The number of sulfonamides is 1. The molecule has 2 N–H and O–H groups in total. The van der Waals surface area contributed by atoms with Crippen LogP contribution >= 0.6 is 11.3 Å². The fourth-order valence-corrected chi connectivity index (χ4v) is 5.86. The van der Waals surface area contributed by atoms with E-state index < -0.39 is 15.9 Å². The van der Waals surface area contributed by atoms with Gasteiger partial charge >= 0.3 is 0 Å². The summed E-state index contributed by atoms with van der Waals surface area (Å²) in [5, 5.41) is 1.85. The van der Waals surface area contributed by atoms with Gasteiger partial charge in [0.25, 0.3) is 10.0 Å². The normalized spacial score (nSPS) is 17.2. The number of amides is 1. The lowest BCUT2D eigenvalue weighted by Crippen LogP contribution is -2.38. The highest BCUT2D eigenvalue weighted by atomic mass is 32.2. The molecular weight excluding hydrogens is 348 g/mol. The molecule has 2 aromatic rings. The molecule has 1 saturated heterocycles. The number of aryl methyl sites for hydroxylation is 1. The molecule has 3 rings (SSSR count). The Labute approximate surface area is 145 Å². The lowest BCUT2D eigenvalue weighted by molar-refractivity contribution is -0.118. The van der Waals surface area contributed by atoms with E-state index in [1.54, 1.807) is 23.0 Å². The molecule has 24 heavy (non-hydrogen) atoms. The van der Waals surface area contributed by atoms with Crippen molar-refractivity contribution in [1.82, 2.24) is 13.9 Å². The summed E-state index contributed by atoms with van der Waals surface area (Å²) in [5.74, 6) is 0.524. The highest BCUT2D eigenvalue weighted by Crippen LogP contribution is 2.31. The van der Waals surface area contributed by atoms with Crippen molar-refractivity contribution in [3.05, 3.63) is 35.2 Å². The molecule has 9 heteroatoms. The molecule has 0 radical (unpaired) electrons. The van der Waals surface area contributed by atoms with E-state index in [0.717, 1.165) is 11.4 Å². The van der Waals surface area contributed by atoms with Gasteiger partial charge in [-0.3, -0.25) is 4.79 Å². The molecular formula is C15H20N4O3S2. The van der Waals surface area contributed by atoms with Crippen molar-refractivity contribution < 1.29 is 13.2 Å². The fraction of sp³-hybridized carbons (Fsp3) is 0.467. The van der Waals surface area contributed by atoms with Gasteiger partial charge in [0.1, 0.15) is 16.6 Å². The summed E-state index contributed by atoms with van der Waals surface area (Å²) in [6, 6.07) is 1.71. The quantitative estimate of drug-likeness (QED) is 0.860. The number of aromatic nitrogens is 2. The van der Waals surface area contributed by atoms with Crippen LogP contribution in [0.1, 0.15) is 30.1 Å². The van der Waals surface area contributed by atoms with E-state index >= 15 is 0 Å². The van der Waals surface area contributed by atoms with Crippen LogP contribution in [-0.4, -0.2) is 41.3 Å². The average molecular weight is 368 g/mol. The van der Waals surface area contributed by atoms with Crippen molar-refractivity contribution in [3.8, 4) is 0 Å². The largest absolute Gasteiger partial charge is 0.368 e. The zero-order chi connectivity index (χ0) is 17.3. The fourth-order valence-electron chi connectivity index (χ4n) is 3.00. The van der Waals surface area contributed by atoms with E-state index in [1.807, 2.05) is 12.3 Å². The maximum atomic E-state index is 12.7. The van der Waals surface area contributed by atoms with Gasteiger partial charge in [-0.2, -0.15) is 4.31 Å². The Morgan fingerprint density at radius 2 is 2.12 bits per heavy atom. The minimum atomic E-state index is -3.41. The minimum absolute atomic E-state index is 0.0995. The van der Waals surface area contributed by atoms with Crippen LogP contribution in [0.4, 0.5) is 0 Å². The first kappa shape index (κ1) is 17.1. The van der Waals surface area contributed by atoms with E-state index in [0.29, 0.717) is 30.1 Å². The number of carbonyl (C=O) groups is 1. The van der Waals surface area contributed by atoms with Crippen LogP contribution in [0.5, 0.6) is 0 Å². The molecule has 130 valence electrons. The van der Waals surface area contributed by atoms with Crippen molar-refractivity contribution in [1.29, 1.82) is 0 Å². The van der Waals surface area contributed by atoms with Crippen LogP contribution in [0.15, 0.2) is 28.0 Å². The molecule has 0 aromatic carbocycles. The first-order valence-corrected chi connectivity index (χ1v) is 10.0. The van der Waals surface area contributed by atoms with Crippen molar-refractivity contribution >= 4 is 27.3 Å². The summed E-state index contributed by atoms with van der Waals surface area (Å²) < 4.78 is 29.0. The highest BCUT2D eigenvalue weighted by Gasteiger charge is 2.32. The molecule has 7 nitrogen and oxygen atoms in total. The third-order valence-corrected chi connectivity index (χ3v) is 7.63. The molecule has 3 heterocycles. The SMILES string of the molecule is Cc1csc(S(=O)(=O)N2CCC(c3nccn3CC(N)=O)CC2)c1. The maximum Gasteiger partial charge on any atom is 0.252 e. The lowest BCUT2D eigenvalue weighted by Gasteiger charge is -2.30. The Kier molecular flexibility index (Phi) is 4.75. The second kappa shape index (κ2) is 6.66. The standard InChI is InChI=1S/C15H20N4O3S2/c1-11-8-14(23-10-11)24(21,22)19-5-2-12(3-6-19)15-17-4-7-18(15)9-13(16)20/h4,7-8,10,12H,2-3,5-6,9H2,1H3,(H2,16,20). The molecule has 0 unspecified atom stereocenters. The zero-order valence-electron chi connectivity index (χ0n) is 13.4. The van der Waals surface area contributed by atoms with Gasteiger partial charge in [0.15, 0.2) is 0 Å². The Hall–Kier alpha value is -1.71.